The van der Waals surface area contributed by atoms with Crippen molar-refractivity contribution in [3.05, 3.63) is 96.1 Å². The standard InChI is InChI=1S/C26H21N/c1-17-7-11-19(12-8-17)22-15-24-21-5-3-4-6-25(21)27-26(24)16-23(22)20-13-9-18(2)10-14-20/h3-16,27H,1-2H3. The third-order valence-corrected chi connectivity index (χ3v) is 5.37. The smallest absolute Gasteiger partial charge is 0.0471 e. The van der Waals surface area contributed by atoms with E-state index in [4.69, 9.17) is 0 Å². The third-order valence-electron chi connectivity index (χ3n) is 5.37. The highest BCUT2D eigenvalue weighted by Gasteiger charge is 2.13. The molecule has 0 unspecified atom stereocenters. The number of rotatable bonds is 2. The van der Waals surface area contributed by atoms with Gasteiger partial charge < -0.3 is 4.98 Å². The van der Waals surface area contributed by atoms with E-state index in [-0.39, 0.29) is 0 Å². The minimum Gasteiger partial charge on any atom is -0.354 e. The quantitative estimate of drug-likeness (QED) is 0.345. The predicted octanol–water partition coefficient (Wildman–Crippen LogP) is 7.27. The van der Waals surface area contributed by atoms with Gasteiger partial charge >= 0.3 is 0 Å². The van der Waals surface area contributed by atoms with Gasteiger partial charge in [0, 0.05) is 21.8 Å². The zero-order valence-electron chi connectivity index (χ0n) is 15.6. The number of hydrogen-bond donors (Lipinski definition) is 1. The molecule has 0 aliphatic carbocycles. The van der Waals surface area contributed by atoms with Crippen LogP contribution in [0.3, 0.4) is 0 Å². The van der Waals surface area contributed by atoms with Crippen molar-refractivity contribution in [2.45, 2.75) is 13.8 Å². The lowest BCUT2D eigenvalue weighted by molar-refractivity contribution is 1.46. The summed E-state index contributed by atoms with van der Waals surface area (Å²) in [6.07, 6.45) is 0. The van der Waals surface area contributed by atoms with Crippen molar-refractivity contribution < 1.29 is 0 Å². The first kappa shape index (κ1) is 15.9. The molecule has 0 saturated heterocycles. The summed E-state index contributed by atoms with van der Waals surface area (Å²) in [6, 6.07) is 30.8. The second-order valence-corrected chi connectivity index (χ2v) is 7.35. The molecule has 1 aromatic heterocycles. The van der Waals surface area contributed by atoms with E-state index in [0.29, 0.717) is 0 Å². The molecule has 0 radical (unpaired) electrons. The molecule has 0 saturated carbocycles. The Morgan fingerprint density at radius 3 is 1.70 bits per heavy atom. The lowest BCUT2D eigenvalue weighted by Crippen LogP contribution is -1.87. The molecule has 0 bridgehead atoms. The molecular formula is C26H21N. The Bertz CT molecular complexity index is 1260. The van der Waals surface area contributed by atoms with Gasteiger partial charge in [-0.05, 0) is 54.3 Å². The third kappa shape index (κ3) is 2.72. The molecule has 130 valence electrons. The number of para-hydroxylation sites is 1. The lowest BCUT2D eigenvalue weighted by Gasteiger charge is -2.12. The summed E-state index contributed by atoms with van der Waals surface area (Å²) in [5.74, 6) is 0. The fourth-order valence-electron chi connectivity index (χ4n) is 3.84. The van der Waals surface area contributed by atoms with Crippen molar-refractivity contribution in [2.75, 3.05) is 0 Å². The minimum absolute atomic E-state index is 1.18. The first-order valence-electron chi connectivity index (χ1n) is 9.37. The molecule has 4 aromatic carbocycles. The summed E-state index contributed by atoms with van der Waals surface area (Å²) in [6.45, 7) is 4.26. The van der Waals surface area contributed by atoms with Crippen molar-refractivity contribution in [1.29, 1.82) is 0 Å². The van der Waals surface area contributed by atoms with E-state index in [9.17, 15) is 0 Å². The zero-order valence-corrected chi connectivity index (χ0v) is 15.6. The maximum absolute atomic E-state index is 3.59. The van der Waals surface area contributed by atoms with Crippen molar-refractivity contribution >= 4 is 21.8 Å². The monoisotopic (exact) mass is 347 g/mol. The first-order valence-corrected chi connectivity index (χ1v) is 9.37. The summed E-state index contributed by atoms with van der Waals surface area (Å²) in [5.41, 5.74) is 9.96. The summed E-state index contributed by atoms with van der Waals surface area (Å²) >= 11 is 0. The van der Waals surface area contributed by atoms with E-state index in [2.05, 4.69) is 104 Å². The molecule has 0 fully saturated rings. The lowest BCUT2D eigenvalue weighted by atomic mass is 9.92. The summed E-state index contributed by atoms with van der Waals surface area (Å²) < 4.78 is 0. The van der Waals surface area contributed by atoms with Crippen LogP contribution in [0.25, 0.3) is 44.1 Å². The van der Waals surface area contributed by atoms with Gasteiger partial charge in [-0.15, -0.1) is 0 Å². The summed E-state index contributed by atoms with van der Waals surface area (Å²) in [7, 11) is 0. The Balaban J connectivity index is 1.85. The largest absolute Gasteiger partial charge is 0.354 e. The Kier molecular flexibility index (Phi) is 3.61. The van der Waals surface area contributed by atoms with E-state index >= 15 is 0 Å². The van der Waals surface area contributed by atoms with Crippen molar-refractivity contribution in [3.63, 3.8) is 0 Å². The number of benzene rings is 4. The Hall–Kier alpha value is -3.32. The fourth-order valence-corrected chi connectivity index (χ4v) is 3.84. The van der Waals surface area contributed by atoms with Crippen molar-refractivity contribution in [3.8, 4) is 22.3 Å². The average Bonchev–Trinajstić information content (AvgIpc) is 3.06. The second-order valence-electron chi connectivity index (χ2n) is 7.35. The molecule has 0 atom stereocenters. The van der Waals surface area contributed by atoms with Gasteiger partial charge in [-0.2, -0.15) is 0 Å². The summed E-state index contributed by atoms with van der Waals surface area (Å²) in [4.78, 5) is 3.59. The molecule has 0 spiro atoms. The van der Waals surface area contributed by atoms with Crippen molar-refractivity contribution in [2.24, 2.45) is 0 Å². The molecule has 27 heavy (non-hydrogen) atoms. The highest BCUT2D eigenvalue weighted by atomic mass is 14.7. The van der Waals surface area contributed by atoms with Crippen LogP contribution in [0.15, 0.2) is 84.9 Å². The average molecular weight is 347 g/mol. The van der Waals surface area contributed by atoms with Crippen LogP contribution in [0.2, 0.25) is 0 Å². The molecule has 0 aliphatic heterocycles. The number of hydrogen-bond acceptors (Lipinski definition) is 0. The topological polar surface area (TPSA) is 15.8 Å². The Labute approximate surface area is 159 Å². The van der Waals surface area contributed by atoms with Gasteiger partial charge in [-0.3, -0.25) is 0 Å². The van der Waals surface area contributed by atoms with Gasteiger partial charge in [0.2, 0.25) is 0 Å². The zero-order chi connectivity index (χ0) is 18.4. The molecule has 1 heteroatoms. The van der Waals surface area contributed by atoms with Crippen LogP contribution in [0.1, 0.15) is 11.1 Å². The van der Waals surface area contributed by atoms with Gasteiger partial charge in [0.25, 0.3) is 0 Å². The number of aryl methyl sites for hydroxylation is 2. The van der Waals surface area contributed by atoms with E-state index in [1.807, 2.05) is 0 Å². The number of aromatic amines is 1. The molecule has 5 rings (SSSR count). The first-order chi connectivity index (χ1) is 13.2. The Morgan fingerprint density at radius 1 is 0.519 bits per heavy atom. The number of H-pyrrole nitrogens is 1. The van der Waals surface area contributed by atoms with E-state index < -0.39 is 0 Å². The maximum atomic E-state index is 3.59. The van der Waals surface area contributed by atoms with Gasteiger partial charge in [0.1, 0.15) is 0 Å². The second kappa shape index (κ2) is 6.14. The minimum atomic E-state index is 1.18. The summed E-state index contributed by atoms with van der Waals surface area (Å²) in [5, 5.41) is 2.55. The van der Waals surface area contributed by atoms with Crippen LogP contribution in [-0.4, -0.2) is 4.98 Å². The Morgan fingerprint density at radius 2 is 1.07 bits per heavy atom. The fraction of sp³-hybridized carbons (Fsp3) is 0.0769. The van der Waals surface area contributed by atoms with Gasteiger partial charge in [0.05, 0.1) is 0 Å². The van der Waals surface area contributed by atoms with E-state index in [0.717, 1.165) is 0 Å². The van der Waals surface area contributed by atoms with Gasteiger partial charge in [0.15, 0.2) is 0 Å². The number of nitrogens with one attached hydrogen (secondary N) is 1. The molecule has 0 amide bonds. The molecule has 5 aromatic rings. The van der Waals surface area contributed by atoms with Crippen molar-refractivity contribution in [1.82, 2.24) is 4.98 Å². The van der Waals surface area contributed by atoms with Crippen LogP contribution in [0, 0.1) is 13.8 Å². The highest BCUT2D eigenvalue weighted by molar-refractivity contribution is 6.10. The molecule has 1 heterocycles. The molecule has 0 aliphatic rings. The van der Waals surface area contributed by atoms with Crippen LogP contribution < -0.4 is 0 Å². The van der Waals surface area contributed by atoms with Gasteiger partial charge in [-0.1, -0.05) is 77.9 Å². The number of aromatic nitrogens is 1. The molecular weight excluding hydrogens is 326 g/mol. The van der Waals surface area contributed by atoms with Gasteiger partial charge in [-0.25, -0.2) is 0 Å². The normalized spacial score (nSPS) is 11.3. The molecule has 1 N–H and O–H groups in total. The van der Waals surface area contributed by atoms with Crippen LogP contribution in [-0.2, 0) is 0 Å². The maximum Gasteiger partial charge on any atom is 0.0471 e. The highest BCUT2D eigenvalue weighted by Crippen LogP contribution is 2.38. The van der Waals surface area contributed by atoms with Crippen LogP contribution in [0.4, 0.5) is 0 Å². The van der Waals surface area contributed by atoms with Crippen LogP contribution in [0.5, 0.6) is 0 Å². The van der Waals surface area contributed by atoms with Crippen LogP contribution >= 0.6 is 0 Å². The molecule has 1 nitrogen and oxygen atoms in total. The SMILES string of the molecule is Cc1ccc(-c2cc3[nH]c4ccccc4c3cc2-c2ccc(C)cc2)cc1. The van der Waals surface area contributed by atoms with E-state index in [1.165, 1.54) is 55.2 Å². The number of fused-ring (bicyclic) bond motifs is 3. The van der Waals surface area contributed by atoms with E-state index in [1.54, 1.807) is 0 Å². The predicted molar refractivity (Wildman–Crippen MR) is 116 cm³/mol.